The lowest BCUT2D eigenvalue weighted by Crippen LogP contribution is -2.39. The van der Waals surface area contributed by atoms with Gasteiger partial charge in [-0.15, -0.1) is 0 Å². The molecule has 0 saturated carbocycles. The summed E-state index contributed by atoms with van der Waals surface area (Å²) in [7, 11) is 0. The molecule has 0 bridgehead atoms. The molecule has 1 unspecified atom stereocenters. The summed E-state index contributed by atoms with van der Waals surface area (Å²) in [6.07, 6.45) is 6.15. The summed E-state index contributed by atoms with van der Waals surface area (Å²) < 4.78 is 0. The van der Waals surface area contributed by atoms with Crippen molar-refractivity contribution in [1.82, 2.24) is 9.88 Å². The van der Waals surface area contributed by atoms with E-state index in [2.05, 4.69) is 41.4 Å². The van der Waals surface area contributed by atoms with E-state index >= 15 is 0 Å². The van der Waals surface area contributed by atoms with Gasteiger partial charge in [-0.25, -0.2) is 0 Å². The fourth-order valence-corrected chi connectivity index (χ4v) is 3.41. The van der Waals surface area contributed by atoms with Crippen molar-refractivity contribution in [2.45, 2.75) is 32.6 Å². The van der Waals surface area contributed by atoms with E-state index in [1.165, 1.54) is 17.5 Å². The summed E-state index contributed by atoms with van der Waals surface area (Å²) >= 11 is 0. The molecule has 1 amide bonds. The quantitative estimate of drug-likeness (QED) is 0.866. The van der Waals surface area contributed by atoms with E-state index in [0.717, 1.165) is 38.0 Å². The third-order valence-corrected chi connectivity index (χ3v) is 4.60. The Morgan fingerprint density at radius 3 is 2.83 bits per heavy atom. The fraction of sp³-hybridized carbons (Fsp3) is 0.400. The summed E-state index contributed by atoms with van der Waals surface area (Å²) in [6.45, 7) is 3.49. The minimum absolute atomic E-state index is 0.203. The first kappa shape index (κ1) is 15.7. The highest BCUT2D eigenvalue weighted by atomic mass is 16.2. The Kier molecular flexibility index (Phi) is 5.06. The molecule has 1 aliphatic rings. The van der Waals surface area contributed by atoms with Gasteiger partial charge in [-0.05, 0) is 48.4 Å². The van der Waals surface area contributed by atoms with Gasteiger partial charge in [0.05, 0.1) is 0 Å². The molecule has 0 spiro atoms. The van der Waals surface area contributed by atoms with Gasteiger partial charge in [0.15, 0.2) is 0 Å². The van der Waals surface area contributed by atoms with Crippen LogP contribution in [0.4, 0.5) is 0 Å². The smallest absolute Gasteiger partial charge is 0.219 e. The monoisotopic (exact) mass is 308 g/mol. The van der Waals surface area contributed by atoms with Gasteiger partial charge >= 0.3 is 0 Å². The standard InChI is InChI=1S/C20H24N2O/c1-16(23)22-11-5-8-19(15-22)12-18-9-10-21-20(14-18)13-17-6-3-2-4-7-17/h2-4,6-7,9-10,14,19H,5,8,11-13,15H2,1H3. The molecule has 0 N–H and O–H groups in total. The van der Waals surface area contributed by atoms with Crippen LogP contribution in [0.3, 0.4) is 0 Å². The topological polar surface area (TPSA) is 33.2 Å². The van der Waals surface area contributed by atoms with Crippen molar-refractivity contribution in [3.63, 3.8) is 0 Å². The first-order valence-corrected chi connectivity index (χ1v) is 8.44. The SMILES string of the molecule is CC(=O)N1CCCC(Cc2ccnc(Cc3ccccc3)c2)C1. The van der Waals surface area contributed by atoms with Gasteiger partial charge in [0, 0.05) is 38.3 Å². The molecule has 2 aromatic rings. The van der Waals surface area contributed by atoms with E-state index < -0.39 is 0 Å². The lowest BCUT2D eigenvalue weighted by molar-refractivity contribution is -0.130. The Morgan fingerprint density at radius 2 is 2.04 bits per heavy atom. The van der Waals surface area contributed by atoms with E-state index in [1.807, 2.05) is 17.2 Å². The molecule has 1 aromatic carbocycles. The van der Waals surface area contributed by atoms with Crippen LogP contribution in [0.2, 0.25) is 0 Å². The largest absolute Gasteiger partial charge is 0.343 e. The van der Waals surface area contributed by atoms with Crippen molar-refractivity contribution in [3.05, 3.63) is 65.5 Å². The molecule has 1 saturated heterocycles. The van der Waals surface area contributed by atoms with Crippen molar-refractivity contribution >= 4 is 5.91 Å². The number of amides is 1. The molecule has 1 aromatic heterocycles. The summed E-state index contributed by atoms with van der Waals surface area (Å²) in [5.41, 5.74) is 3.74. The predicted molar refractivity (Wildman–Crippen MR) is 92.2 cm³/mol. The molecule has 3 rings (SSSR count). The van der Waals surface area contributed by atoms with Crippen LogP contribution in [0.5, 0.6) is 0 Å². The molecule has 23 heavy (non-hydrogen) atoms. The van der Waals surface area contributed by atoms with Gasteiger partial charge < -0.3 is 4.90 Å². The predicted octanol–water partition coefficient (Wildman–Crippen LogP) is 3.47. The third-order valence-electron chi connectivity index (χ3n) is 4.60. The number of likely N-dealkylation sites (tertiary alicyclic amines) is 1. The zero-order valence-electron chi connectivity index (χ0n) is 13.7. The molecule has 120 valence electrons. The van der Waals surface area contributed by atoms with Gasteiger partial charge in [0.1, 0.15) is 0 Å². The molecule has 1 aliphatic heterocycles. The molecule has 3 nitrogen and oxygen atoms in total. The van der Waals surface area contributed by atoms with E-state index in [-0.39, 0.29) is 5.91 Å². The minimum atomic E-state index is 0.203. The Balaban J connectivity index is 1.64. The number of benzene rings is 1. The normalized spacial score (nSPS) is 18.0. The molecule has 2 heterocycles. The number of carbonyl (C=O) groups is 1. The number of aromatic nitrogens is 1. The summed E-state index contributed by atoms with van der Waals surface area (Å²) in [4.78, 5) is 18.1. The lowest BCUT2D eigenvalue weighted by Gasteiger charge is -2.32. The molecule has 1 fully saturated rings. The average Bonchev–Trinajstić information content (AvgIpc) is 2.56. The summed E-state index contributed by atoms with van der Waals surface area (Å²) in [5, 5.41) is 0. The average molecular weight is 308 g/mol. The van der Waals surface area contributed by atoms with E-state index in [9.17, 15) is 4.79 Å². The molecule has 0 aliphatic carbocycles. The van der Waals surface area contributed by atoms with E-state index in [0.29, 0.717) is 5.92 Å². The van der Waals surface area contributed by atoms with Crippen LogP contribution in [0, 0.1) is 5.92 Å². The highest BCUT2D eigenvalue weighted by molar-refractivity contribution is 5.73. The van der Waals surface area contributed by atoms with Crippen molar-refractivity contribution in [3.8, 4) is 0 Å². The Bertz CT molecular complexity index is 654. The second-order valence-corrected chi connectivity index (χ2v) is 6.50. The number of nitrogens with zero attached hydrogens (tertiary/aromatic N) is 2. The summed E-state index contributed by atoms with van der Waals surface area (Å²) in [5.74, 6) is 0.772. The number of carbonyl (C=O) groups excluding carboxylic acids is 1. The zero-order chi connectivity index (χ0) is 16.1. The van der Waals surface area contributed by atoms with Crippen molar-refractivity contribution in [2.24, 2.45) is 5.92 Å². The van der Waals surface area contributed by atoms with Gasteiger partial charge in [0.25, 0.3) is 0 Å². The molecular formula is C20H24N2O. The van der Waals surface area contributed by atoms with Gasteiger partial charge in [0.2, 0.25) is 5.91 Å². The van der Waals surface area contributed by atoms with Gasteiger partial charge in [-0.3, -0.25) is 9.78 Å². The maximum atomic E-state index is 11.6. The number of pyridine rings is 1. The second kappa shape index (κ2) is 7.40. The van der Waals surface area contributed by atoms with Crippen LogP contribution in [0.25, 0.3) is 0 Å². The first-order chi connectivity index (χ1) is 11.2. The number of rotatable bonds is 4. The molecule has 1 atom stereocenters. The van der Waals surface area contributed by atoms with Crippen LogP contribution in [-0.4, -0.2) is 28.9 Å². The lowest BCUT2D eigenvalue weighted by atomic mass is 9.91. The summed E-state index contributed by atoms with van der Waals surface area (Å²) in [6, 6.07) is 14.8. The molecular weight excluding hydrogens is 284 g/mol. The highest BCUT2D eigenvalue weighted by Gasteiger charge is 2.21. The van der Waals surface area contributed by atoms with Gasteiger partial charge in [-0.2, -0.15) is 0 Å². The Labute approximate surface area is 138 Å². The van der Waals surface area contributed by atoms with Crippen molar-refractivity contribution < 1.29 is 4.79 Å². The van der Waals surface area contributed by atoms with E-state index in [1.54, 1.807) is 6.92 Å². The fourth-order valence-electron chi connectivity index (χ4n) is 3.41. The van der Waals surface area contributed by atoms with Crippen LogP contribution in [0.1, 0.15) is 36.6 Å². The Hall–Kier alpha value is -2.16. The zero-order valence-corrected chi connectivity index (χ0v) is 13.7. The minimum Gasteiger partial charge on any atom is -0.343 e. The molecule has 3 heteroatoms. The highest BCUT2D eigenvalue weighted by Crippen LogP contribution is 2.21. The van der Waals surface area contributed by atoms with Crippen molar-refractivity contribution in [1.29, 1.82) is 0 Å². The number of hydrogen-bond acceptors (Lipinski definition) is 2. The first-order valence-electron chi connectivity index (χ1n) is 8.44. The van der Waals surface area contributed by atoms with E-state index in [4.69, 9.17) is 0 Å². The van der Waals surface area contributed by atoms with Crippen LogP contribution in [0.15, 0.2) is 48.7 Å². The molecule has 0 radical (unpaired) electrons. The maximum absolute atomic E-state index is 11.6. The third kappa shape index (κ3) is 4.41. The number of piperidine rings is 1. The number of hydrogen-bond donors (Lipinski definition) is 0. The van der Waals surface area contributed by atoms with Gasteiger partial charge in [-0.1, -0.05) is 30.3 Å². The van der Waals surface area contributed by atoms with Crippen LogP contribution in [-0.2, 0) is 17.6 Å². The Morgan fingerprint density at radius 1 is 1.22 bits per heavy atom. The maximum Gasteiger partial charge on any atom is 0.219 e. The van der Waals surface area contributed by atoms with Crippen LogP contribution >= 0.6 is 0 Å². The van der Waals surface area contributed by atoms with Crippen LogP contribution < -0.4 is 0 Å². The van der Waals surface area contributed by atoms with Crippen molar-refractivity contribution in [2.75, 3.05) is 13.1 Å². The second-order valence-electron chi connectivity index (χ2n) is 6.50.